The van der Waals surface area contributed by atoms with E-state index in [2.05, 4.69) is 0 Å². The van der Waals surface area contributed by atoms with Gasteiger partial charge in [-0.1, -0.05) is 24.3 Å². The van der Waals surface area contributed by atoms with Crippen LogP contribution in [-0.2, 0) is 9.59 Å². The molecule has 8 heteroatoms. The minimum Gasteiger partial charge on any atom is -0.506 e. The van der Waals surface area contributed by atoms with Crippen molar-refractivity contribution in [3.8, 4) is 17.2 Å². The topological polar surface area (TPSA) is 85.3 Å². The van der Waals surface area contributed by atoms with Crippen LogP contribution in [-0.4, -0.2) is 38.1 Å². The van der Waals surface area contributed by atoms with Crippen molar-refractivity contribution in [3.05, 3.63) is 89.2 Å². The van der Waals surface area contributed by atoms with Gasteiger partial charge in [-0.25, -0.2) is 4.39 Å². The Morgan fingerprint density at radius 1 is 0.882 bits per heavy atom. The number of ketones is 1. The van der Waals surface area contributed by atoms with E-state index in [1.807, 2.05) is 0 Å². The van der Waals surface area contributed by atoms with Crippen LogP contribution in [0.1, 0.15) is 17.2 Å². The summed E-state index contributed by atoms with van der Waals surface area (Å²) in [4.78, 5) is 27.8. The minimum absolute atomic E-state index is 0.128. The van der Waals surface area contributed by atoms with Gasteiger partial charge in [0.2, 0.25) is 0 Å². The molecule has 1 fully saturated rings. The molecule has 0 saturated carbocycles. The lowest BCUT2D eigenvalue weighted by atomic mass is 9.94. The SMILES string of the molecule is COc1cccc(N2C(=O)C(=O)/C(=C(/O)c3c(OC)cccc3OC)C2c2ccc(F)cc2)c1. The molecule has 3 aromatic carbocycles. The number of amides is 1. The van der Waals surface area contributed by atoms with Crippen molar-refractivity contribution in [2.24, 2.45) is 0 Å². The summed E-state index contributed by atoms with van der Waals surface area (Å²) in [6.07, 6.45) is 0. The summed E-state index contributed by atoms with van der Waals surface area (Å²) in [7, 11) is 4.31. The Balaban J connectivity index is 2.01. The van der Waals surface area contributed by atoms with Crippen LogP contribution in [0.25, 0.3) is 5.76 Å². The maximum absolute atomic E-state index is 13.7. The van der Waals surface area contributed by atoms with Crippen LogP contribution in [0.2, 0.25) is 0 Å². The molecule has 1 amide bonds. The molecule has 1 aliphatic heterocycles. The van der Waals surface area contributed by atoms with Crippen molar-refractivity contribution in [2.75, 3.05) is 26.2 Å². The summed E-state index contributed by atoms with van der Waals surface area (Å²) in [5.41, 5.74) is 0.756. The van der Waals surface area contributed by atoms with Crippen molar-refractivity contribution in [2.45, 2.75) is 6.04 Å². The van der Waals surface area contributed by atoms with Crippen molar-refractivity contribution in [1.29, 1.82) is 0 Å². The Kier molecular flexibility index (Phi) is 6.23. The van der Waals surface area contributed by atoms with E-state index in [1.165, 1.54) is 50.5 Å². The zero-order valence-corrected chi connectivity index (χ0v) is 18.7. The van der Waals surface area contributed by atoms with E-state index in [9.17, 15) is 19.1 Å². The number of methoxy groups -OCH3 is 3. The van der Waals surface area contributed by atoms with E-state index < -0.39 is 29.3 Å². The van der Waals surface area contributed by atoms with Gasteiger partial charge in [-0.05, 0) is 42.0 Å². The van der Waals surface area contributed by atoms with Crippen molar-refractivity contribution < 1.29 is 33.3 Å². The standard InChI is InChI=1S/C26H22FNO6/c1-32-18-7-4-6-17(14-18)28-23(15-10-12-16(27)13-11-15)22(25(30)26(28)31)24(29)21-19(33-2)8-5-9-20(21)34-3/h4-14,23,29H,1-3H3/b24-22+. The van der Waals surface area contributed by atoms with E-state index in [4.69, 9.17) is 14.2 Å². The number of carbonyl (C=O) groups excluding carboxylic acids is 2. The molecular formula is C26H22FNO6. The van der Waals surface area contributed by atoms with Crippen LogP contribution >= 0.6 is 0 Å². The number of rotatable bonds is 6. The van der Waals surface area contributed by atoms with Gasteiger partial charge in [0.05, 0.1) is 32.9 Å². The van der Waals surface area contributed by atoms with Crippen molar-refractivity contribution >= 4 is 23.1 Å². The lowest BCUT2D eigenvalue weighted by Gasteiger charge is -2.26. The fourth-order valence-corrected chi connectivity index (χ4v) is 4.04. The van der Waals surface area contributed by atoms with Crippen LogP contribution in [0.5, 0.6) is 17.2 Å². The Bertz CT molecular complexity index is 1260. The highest BCUT2D eigenvalue weighted by molar-refractivity contribution is 6.51. The van der Waals surface area contributed by atoms with Gasteiger partial charge in [0.1, 0.15) is 34.4 Å². The van der Waals surface area contributed by atoms with Crippen molar-refractivity contribution in [3.63, 3.8) is 0 Å². The first-order chi connectivity index (χ1) is 16.4. The molecule has 4 rings (SSSR count). The highest BCUT2D eigenvalue weighted by Crippen LogP contribution is 2.45. The van der Waals surface area contributed by atoms with Crippen LogP contribution in [0.3, 0.4) is 0 Å². The number of aliphatic hydroxyl groups excluding tert-OH is 1. The normalized spacial score (nSPS) is 17.1. The number of Topliss-reactive ketones (excluding diaryl/α,β-unsaturated/α-hetero) is 1. The zero-order chi connectivity index (χ0) is 24.4. The maximum atomic E-state index is 13.7. The molecule has 0 bridgehead atoms. The van der Waals surface area contributed by atoms with E-state index in [0.717, 1.165) is 0 Å². The quantitative estimate of drug-likeness (QED) is 0.330. The van der Waals surface area contributed by atoms with Gasteiger partial charge in [-0.15, -0.1) is 0 Å². The van der Waals surface area contributed by atoms with E-state index in [1.54, 1.807) is 42.5 Å². The monoisotopic (exact) mass is 463 g/mol. The summed E-state index contributed by atoms with van der Waals surface area (Å²) >= 11 is 0. The van der Waals surface area contributed by atoms with Crippen LogP contribution < -0.4 is 19.1 Å². The number of nitrogens with zero attached hydrogens (tertiary/aromatic N) is 1. The zero-order valence-electron chi connectivity index (χ0n) is 18.7. The first kappa shape index (κ1) is 22.8. The molecule has 1 heterocycles. The molecule has 7 nitrogen and oxygen atoms in total. The first-order valence-electron chi connectivity index (χ1n) is 10.3. The number of carbonyl (C=O) groups is 2. The molecule has 1 unspecified atom stereocenters. The third kappa shape index (κ3) is 3.83. The number of halogens is 1. The van der Waals surface area contributed by atoms with Gasteiger partial charge in [0.25, 0.3) is 11.7 Å². The summed E-state index contributed by atoms with van der Waals surface area (Å²) in [6.45, 7) is 0. The molecule has 174 valence electrons. The Labute approximate surface area is 195 Å². The maximum Gasteiger partial charge on any atom is 0.300 e. The second kappa shape index (κ2) is 9.27. The minimum atomic E-state index is -1.04. The van der Waals surface area contributed by atoms with Crippen LogP contribution in [0.4, 0.5) is 10.1 Å². The summed E-state index contributed by atoms with van der Waals surface area (Å²) < 4.78 is 29.7. The Hall–Kier alpha value is -4.33. The average Bonchev–Trinajstić information content (AvgIpc) is 3.13. The number of anilines is 1. The smallest absolute Gasteiger partial charge is 0.300 e. The second-order valence-electron chi connectivity index (χ2n) is 7.46. The third-order valence-corrected chi connectivity index (χ3v) is 5.63. The largest absolute Gasteiger partial charge is 0.506 e. The molecule has 3 aromatic rings. The van der Waals surface area contributed by atoms with Crippen LogP contribution in [0, 0.1) is 5.82 Å². The molecule has 0 aromatic heterocycles. The Morgan fingerprint density at radius 3 is 2.09 bits per heavy atom. The fourth-order valence-electron chi connectivity index (χ4n) is 4.04. The Morgan fingerprint density at radius 2 is 1.50 bits per heavy atom. The van der Waals surface area contributed by atoms with Crippen molar-refractivity contribution in [1.82, 2.24) is 0 Å². The lowest BCUT2D eigenvalue weighted by Crippen LogP contribution is -2.29. The number of hydrogen-bond donors (Lipinski definition) is 1. The molecule has 0 spiro atoms. The molecule has 0 radical (unpaired) electrons. The number of benzene rings is 3. The second-order valence-corrected chi connectivity index (χ2v) is 7.46. The summed E-state index contributed by atoms with van der Waals surface area (Å²) in [6, 6.07) is 15.8. The average molecular weight is 463 g/mol. The molecule has 34 heavy (non-hydrogen) atoms. The van der Waals surface area contributed by atoms with Gasteiger partial charge < -0.3 is 19.3 Å². The van der Waals surface area contributed by atoms with E-state index in [-0.39, 0.29) is 22.6 Å². The highest BCUT2D eigenvalue weighted by Gasteiger charge is 2.47. The van der Waals surface area contributed by atoms with E-state index >= 15 is 0 Å². The lowest BCUT2D eigenvalue weighted by molar-refractivity contribution is -0.132. The molecule has 1 atom stereocenters. The molecule has 1 aliphatic rings. The number of hydrogen-bond acceptors (Lipinski definition) is 6. The predicted molar refractivity (Wildman–Crippen MR) is 124 cm³/mol. The fraction of sp³-hybridized carbons (Fsp3) is 0.154. The molecule has 1 saturated heterocycles. The number of ether oxygens (including phenoxy) is 3. The molecular weight excluding hydrogens is 441 g/mol. The number of aliphatic hydroxyl groups is 1. The predicted octanol–water partition coefficient (Wildman–Crippen LogP) is 4.48. The highest BCUT2D eigenvalue weighted by atomic mass is 19.1. The van der Waals surface area contributed by atoms with Gasteiger partial charge >= 0.3 is 0 Å². The van der Waals surface area contributed by atoms with Gasteiger partial charge in [0, 0.05) is 11.8 Å². The summed E-state index contributed by atoms with van der Waals surface area (Å²) in [5.74, 6) is -1.71. The molecule has 1 N–H and O–H groups in total. The summed E-state index contributed by atoms with van der Waals surface area (Å²) in [5, 5.41) is 11.4. The molecule has 0 aliphatic carbocycles. The van der Waals surface area contributed by atoms with Gasteiger partial charge in [0.15, 0.2) is 0 Å². The van der Waals surface area contributed by atoms with Crippen LogP contribution in [0.15, 0.2) is 72.3 Å². The van der Waals surface area contributed by atoms with Gasteiger partial charge in [-0.3, -0.25) is 14.5 Å². The van der Waals surface area contributed by atoms with E-state index in [0.29, 0.717) is 17.0 Å². The third-order valence-electron chi connectivity index (χ3n) is 5.63. The first-order valence-corrected chi connectivity index (χ1v) is 10.3. The van der Waals surface area contributed by atoms with Gasteiger partial charge in [-0.2, -0.15) is 0 Å².